The van der Waals surface area contributed by atoms with Crippen molar-refractivity contribution in [3.8, 4) is 0 Å². The van der Waals surface area contributed by atoms with Crippen LogP contribution in [0.25, 0.3) is 0 Å². The predicted octanol–water partition coefficient (Wildman–Crippen LogP) is 2.48. The van der Waals surface area contributed by atoms with Crippen LogP contribution >= 0.6 is 0 Å². The van der Waals surface area contributed by atoms with Gasteiger partial charge in [-0.15, -0.1) is 0 Å². The Morgan fingerprint density at radius 3 is 2.43 bits per heavy atom. The lowest BCUT2D eigenvalue weighted by Gasteiger charge is -2.29. The Hall–Kier alpha value is -0.530. The van der Waals surface area contributed by atoms with Crippen LogP contribution < -0.4 is 5.32 Å². The number of carbonyl (C=O) groups excluding carboxylic acids is 1. The Labute approximate surface area is 86.5 Å². The van der Waals surface area contributed by atoms with E-state index in [-0.39, 0.29) is 5.91 Å². The van der Waals surface area contributed by atoms with Gasteiger partial charge in [0.15, 0.2) is 0 Å². The summed E-state index contributed by atoms with van der Waals surface area (Å²) in [5, 5.41) is 2.97. The standard InChI is InChI=1S/C12H21NO/c14-12-7-6-11(8-9-13-12)10-4-2-1-3-5-10/h10-11H,1-9H2,(H,13,14). The summed E-state index contributed by atoms with van der Waals surface area (Å²) in [4.78, 5) is 11.2. The summed E-state index contributed by atoms with van der Waals surface area (Å²) in [6.07, 6.45) is 10.2. The average molecular weight is 195 g/mol. The highest BCUT2D eigenvalue weighted by Crippen LogP contribution is 2.34. The van der Waals surface area contributed by atoms with Gasteiger partial charge in [-0.25, -0.2) is 0 Å². The van der Waals surface area contributed by atoms with E-state index in [4.69, 9.17) is 0 Å². The van der Waals surface area contributed by atoms with Gasteiger partial charge in [-0.1, -0.05) is 32.1 Å². The number of hydrogen-bond donors (Lipinski definition) is 1. The third-order valence-corrected chi connectivity index (χ3v) is 3.90. The molecule has 1 saturated heterocycles. The normalized spacial score (nSPS) is 30.9. The summed E-state index contributed by atoms with van der Waals surface area (Å²) >= 11 is 0. The van der Waals surface area contributed by atoms with Crippen LogP contribution in [0.2, 0.25) is 0 Å². The minimum atomic E-state index is 0.267. The lowest BCUT2D eigenvalue weighted by Crippen LogP contribution is -2.22. The van der Waals surface area contributed by atoms with Crippen molar-refractivity contribution in [3.63, 3.8) is 0 Å². The molecule has 80 valence electrons. The van der Waals surface area contributed by atoms with Gasteiger partial charge in [-0.2, -0.15) is 0 Å². The Balaban J connectivity index is 1.86. The molecule has 0 aromatic heterocycles. The molecule has 0 aromatic carbocycles. The summed E-state index contributed by atoms with van der Waals surface area (Å²) in [6.45, 7) is 0.917. The maximum absolute atomic E-state index is 11.2. The van der Waals surface area contributed by atoms with Crippen LogP contribution in [0, 0.1) is 11.8 Å². The van der Waals surface area contributed by atoms with E-state index < -0.39 is 0 Å². The second kappa shape index (κ2) is 4.81. The Morgan fingerprint density at radius 2 is 1.64 bits per heavy atom. The van der Waals surface area contributed by atoms with E-state index in [1.54, 1.807) is 0 Å². The van der Waals surface area contributed by atoms with Crippen molar-refractivity contribution in [1.82, 2.24) is 5.32 Å². The highest BCUT2D eigenvalue weighted by Gasteiger charge is 2.25. The smallest absolute Gasteiger partial charge is 0.220 e. The van der Waals surface area contributed by atoms with Crippen LogP contribution in [0.3, 0.4) is 0 Å². The van der Waals surface area contributed by atoms with Crippen molar-refractivity contribution in [2.45, 2.75) is 51.4 Å². The van der Waals surface area contributed by atoms with Crippen molar-refractivity contribution in [2.75, 3.05) is 6.54 Å². The van der Waals surface area contributed by atoms with Crippen LogP contribution in [0.1, 0.15) is 51.4 Å². The summed E-state index contributed by atoms with van der Waals surface area (Å²) in [7, 11) is 0. The number of hydrogen-bond acceptors (Lipinski definition) is 1. The van der Waals surface area contributed by atoms with Gasteiger partial charge in [0.1, 0.15) is 0 Å². The molecule has 2 nitrogen and oxygen atoms in total. The summed E-state index contributed by atoms with van der Waals surface area (Å²) < 4.78 is 0. The fourth-order valence-electron chi connectivity index (χ4n) is 3.02. The fourth-order valence-corrected chi connectivity index (χ4v) is 3.02. The lowest BCUT2D eigenvalue weighted by atomic mass is 9.77. The van der Waals surface area contributed by atoms with Gasteiger partial charge in [-0.3, -0.25) is 4.79 Å². The first-order valence-electron chi connectivity index (χ1n) is 6.13. The minimum absolute atomic E-state index is 0.267. The summed E-state index contributed by atoms with van der Waals surface area (Å²) in [5.41, 5.74) is 0. The van der Waals surface area contributed by atoms with Gasteiger partial charge in [0.25, 0.3) is 0 Å². The first-order valence-corrected chi connectivity index (χ1v) is 6.13. The van der Waals surface area contributed by atoms with Gasteiger partial charge in [0.05, 0.1) is 0 Å². The molecule has 14 heavy (non-hydrogen) atoms. The highest BCUT2D eigenvalue weighted by atomic mass is 16.1. The van der Waals surface area contributed by atoms with Gasteiger partial charge >= 0.3 is 0 Å². The van der Waals surface area contributed by atoms with E-state index in [1.807, 2.05) is 0 Å². The molecular formula is C12H21NO. The van der Waals surface area contributed by atoms with Crippen LogP contribution in [-0.4, -0.2) is 12.5 Å². The topological polar surface area (TPSA) is 29.1 Å². The molecule has 1 aliphatic carbocycles. The lowest BCUT2D eigenvalue weighted by molar-refractivity contribution is -0.120. The van der Waals surface area contributed by atoms with Crippen molar-refractivity contribution in [3.05, 3.63) is 0 Å². The summed E-state index contributed by atoms with van der Waals surface area (Å²) in [6, 6.07) is 0. The molecule has 0 aromatic rings. The molecule has 1 amide bonds. The Morgan fingerprint density at radius 1 is 0.929 bits per heavy atom. The van der Waals surface area contributed by atoms with E-state index >= 15 is 0 Å². The van der Waals surface area contributed by atoms with Crippen molar-refractivity contribution >= 4 is 5.91 Å². The van der Waals surface area contributed by atoms with E-state index in [0.717, 1.165) is 31.2 Å². The van der Waals surface area contributed by atoms with Crippen LogP contribution in [0.5, 0.6) is 0 Å². The molecular weight excluding hydrogens is 174 g/mol. The van der Waals surface area contributed by atoms with Gasteiger partial charge in [-0.05, 0) is 24.7 Å². The molecule has 2 aliphatic rings. The SMILES string of the molecule is O=C1CCC(C2CCCCC2)CCN1. The zero-order chi connectivity index (χ0) is 9.80. The van der Waals surface area contributed by atoms with Crippen LogP contribution in [0.15, 0.2) is 0 Å². The van der Waals surface area contributed by atoms with E-state index in [0.29, 0.717) is 0 Å². The van der Waals surface area contributed by atoms with Crippen molar-refractivity contribution in [2.24, 2.45) is 11.8 Å². The summed E-state index contributed by atoms with van der Waals surface area (Å²) in [5.74, 6) is 2.02. The molecule has 2 rings (SSSR count). The Kier molecular flexibility index (Phi) is 3.44. The van der Waals surface area contributed by atoms with Crippen LogP contribution in [0.4, 0.5) is 0 Å². The molecule has 1 N–H and O–H groups in total. The first-order chi connectivity index (χ1) is 6.86. The molecule has 0 bridgehead atoms. The second-order valence-electron chi connectivity index (χ2n) is 4.84. The van der Waals surface area contributed by atoms with Crippen molar-refractivity contribution in [1.29, 1.82) is 0 Å². The average Bonchev–Trinajstić information content (AvgIpc) is 2.44. The fraction of sp³-hybridized carbons (Fsp3) is 0.917. The third-order valence-electron chi connectivity index (χ3n) is 3.90. The number of nitrogens with one attached hydrogen (secondary N) is 1. The van der Waals surface area contributed by atoms with E-state index in [2.05, 4.69) is 5.32 Å². The van der Waals surface area contributed by atoms with Gasteiger partial charge in [0, 0.05) is 13.0 Å². The number of amides is 1. The molecule has 2 heteroatoms. The maximum atomic E-state index is 11.2. The van der Waals surface area contributed by atoms with E-state index in [1.165, 1.54) is 38.5 Å². The molecule has 1 unspecified atom stereocenters. The zero-order valence-electron chi connectivity index (χ0n) is 8.93. The minimum Gasteiger partial charge on any atom is -0.356 e. The Bertz CT molecular complexity index is 196. The predicted molar refractivity (Wildman–Crippen MR) is 56.9 cm³/mol. The monoisotopic (exact) mass is 195 g/mol. The van der Waals surface area contributed by atoms with Gasteiger partial charge < -0.3 is 5.32 Å². The third kappa shape index (κ3) is 2.49. The number of rotatable bonds is 1. The highest BCUT2D eigenvalue weighted by molar-refractivity contribution is 5.76. The van der Waals surface area contributed by atoms with E-state index in [9.17, 15) is 4.79 Å². The van der Waals surface area contributed by atoms with Crippen LogP contribution in [-0.2, 0) is 4.79 Å². The first kappa shape index (κ1) is 10.0. The van der Waals surface area contributed by atoms with Crippen molar-refractivity contribution < 1.29 is 4.79 Å². The molecule has 1 atom stereocenters. The molecule has 1 heterocycles. The molecule has 2 fully saturated rings. The largest absolute Gasteiger partial charge is 0.356 e. The second-order valence-corrected chi connectivity index (χ2v) is 4.84. The molecule has 1 aliphatic heterocycles. The number of carbonyl (C=O) groups is 1. The molecule has 0 radical (unpaired) electrons. The zero-order valence-corrected chi connectivity index (χ0v) is 8.93. The molecule has 0 spiro atoms. The van der Waals surface area contributed by atoms with Gasteiger partial charge in [0.2, 0.25) is 5.91 Å². The molecule has 1 saturated carbocycles. The quantitative estimate of drug-likeness (QED) is 0.684. The maximum Gasteiger partial charge on any atom is 0.220 e.